The highest BCUT2D eigenvalue weighted by atomic mass is 16.6. The highest BCUT2D eigenvalue weighted by Crippen LogP contribution is 2.76. The molecule has 0 radical (unpaired) electrons. The fourth-order valence-electron chi connectivity index (χ4n) is 8.52. The first kappa shape index (κ1) is 24.5. The monoisotopic (exact) mass is 532 g/mol. The summed E-state index contributed by atoms with van der Waals surface area (Å²) in [7, 11) is 4.47. The van der Waals surface area contributed by atoms with E-state index in [4.69, 9.17) is 23.7 Å². The SMILES string of the molecule is C/C=C1/CN2C3C[C@@H]1[C@@](COC(=O)c1ccc(OC)c(OC)c1)(C(=O)OC)[C@@]14C[C@H]2OC31Nc1ccccc14. The van der Waals surface area contributed by atoms with Crippen molar-refractivity contribution in [1.82, 2.24) is 4.90 Å². The second-order valence-corrected chi connectivity index (χ2v) is 11.0. The minimum absolute atomic E-state index is 0.0803. The summed E-state index contributed by atoms with van der Waals surface area (Å²) in [6.07, 6.45) is 3.24. The van der Waals surface area contributed by atoms with Gasteiger partial charge in [-0.15, -0.1) is 0 Å². The van der Waals surface area contributed by atoms with Gasteiger partial charge in [0.15, 0.2) is 17.2 Å². The van der Waals surface area contributed by atoms with E-state index in [-0.39, 0.29) is 30.8 Å². The minimum atomic E-state index is -1.20. The van der Waals surface area contributed by atoms with Gasteiger partial charge in [0.25, 0.3) is 0 Å². The number of allylic oxidation sites excluding steroid dienone is 1. The highest BCUT2D eigenvalue weighted by molar-refractivity contribution is 5.91. The third-order valence-electron chi connectivity index (χ3n) is 9.98. The van der Waals surface area contributed by atoms with Crippen LogP contribution in [-0.2, 0) is 24.4 Å². The van der Waals surface area contributed by atoms with Gasteiger partial charge in [0.2, 0.25) is 0 Å². The molecule has 0 amide bonds. The highest BCUT2D eigenvalue weighted by Gasteiger charge is 2.87. The number of anilines is 1. The number of nitrogens with one attached hydrogen (secondary N) is 1. The van der Waals surface area contributed by atoms with Gasteiger partial charge in [0.1, 0.15) is 18.2 Å². The van der Waals surface area contributed by atoms with Gasteiger partial charge < -0.3 is 29.0 Å². The maximum Gasteiger partial charge on any atom is 0.338 e. The van der Waals surface area contributed by atoms with Crippen LogP contribution in [0.15, 0.2) is 54.1 Å². The van der Waals surface area contributed by atoms with Crippen molar-refractivity contribution in [2.45, 2.75) is 43.2 Å². The molecular weight excluding hydrogens is 500 g/mol. The first-order valence-electron chi connectivity index (χ1n) is 13.3. The molecule has 6 atom stereocenters. The average molecular weight is 533 g/mol. The number of nitrogens with zero attached hydrogens (tertiary/aromatic N) is 1. The van der Waals surface area contributed by atoms with Gasteiger partial charge >= 0.3 is 11.9 Å². The number of carbonyl (C=O) groups excluding carboxylic acids is 2. The Morgan fingerprint density at radius 3 is 2.67 bits per heavy atom. The van der Waals surface area contributed by atoms with Crippen LogP contribution in [-0.4, -0.2) is 69.3 Å². The molecule has 1 aliphatic carbocycles. The van der Waals surface area contributed by atoms with E-state index < -0.39 is 22.5 Å². The number of hydrogen-bond donors (Lipinski definition) is 1. The Kier molecular flexibility index (Phi) is 5.16. The molecule has 4 fully saturated rings. The van der Waals surface area contributed by atoms with Crippen LogP contribution in [0, 0.1) is 11.3 Å². The Balaban J connectivity index is 1.38. The zero-order chi connectivity index (χ0) is 27.2. The Labute approximate surface area is 227 Å². The number of benzene rings is 2. The lowest BCUT2D eigenvalue weighted by molar-refractivity contribution is -0.191. The van der Waals surface area contributed by atoms with Gasteiger partial charge in [-0.1, -0.05) is 29.8 Å². The molecule has 2 aromatic carbocycles. The molecule has 4 bridgehead atoms. The van der Waals surface area contributed by atoms with Crippen molar-refractivity contribution in [2.24, 2.45) is 11.3 Å². The van der Waals surface area contributed by atoms with E-state index >= 15 is 0 Å². The summed E-state index contributed by atoms with van der Waals surface area (Å²) in [6, 6.07) is 13.1. The molecule has 3 saturated heterocycles. The predicted molar refractivity (Wildman–Crippen MR) is 141 cm³/mol. The van der Waals surface area contributed by atoms with Crippen molar-refractivity contribution >= 4 is 17.6 Å². The van der Waals surface area contributed by atoms with E-state index in [2.05, 4.69) is 22.4 Å². The quantitative estimate of drug-likeness (QED) is 0.443. The Bertz CT molecular complexity index is 1420. The second-order valence-electron chi connectivity index (χ2n) is 11.0. The number of ether oxygens (including phenoxy) is 5. The Morgan fingerprint density at radius 2 is 1.92 bits per heavy atom. The number of fused-ring (bicyclic) bond motifs is 4. The summed E-state index contributed by atoms with van der Waals surface area (Å²) < 4.78 is 29.3. The zero-order valence-corrected chi connectivity index (χ0v) is 22.5. The summed E-state index contributed by atoms with van der Waals surface area (Å²) in [5.74, 6) is -0.177. The van der Waals surface area contributed by atoms with E-state index in [1.807, 2.05) is 25.1 Å². The predicted octanol–water partition coefficient (Wildman–Crippen LogP) is 3.49. The fourth-order valence-corrected chi connectivity index (χ4v) is 8.52. The van der Waals surface area contributed by atoms with Crippen molar-refractivity contribution in [3.8, 4) is 11.5 Å². The number of carbonyl (C=O) groups is 2. The Morgan fingerprint density at radius 1 is 1.13 bits per heavy atom. The first-order chi connectivity index (χ1) is 18.9. The molecule has 9 nitrogen and oxygen atoms in total. The Hall–Kier alpha value is -3.56. The van der Waals surface area contributed by atoms with Crippen molar-refractivity contribution in [3.63, 3.8) is 0 Å². The number of para-hydroxylation sites is 1. The van der Waals surface area contributed by atoms with Crippen LogP contribution in [0.2, 0.25) is 0 Å². The number of hydrogen-bond acceptors (Lipinski definition) is 9. The second kappa shape index (κ2) is 8.22. The number of esters is 2. The lowest BCUT2D eigenvalue weighted by Gasteiger charge is -2.64. The summed E-state index contributed by atoms with van der Waals surface area (Å²) in [5.41, 5.74) is 0.618. The van der Waals surface area contributed by atoms with Crippen molar-refractivity contribution < 1.29 is 33.3 Å². The first-order valence-corrected chi connectivity index (χ1v) is 13.3. The maximum atomic E-state index is 14.3. The number of rotatable bonds is 6. The third kappa shape index (κ3) is 2.72. The van der Waals surface area contributed by atoms with Crippen molar-refractivity contribution in [2.75, 3.05) is 39.8 Å². The van der Waals surface area contributed by atoms with Crippen LogP contribution < -0.4 is 14.8 Å². The average Bonchev–Trinajstić information content (AvgIpc) is 3.59. The summed E-state index contributed by atoms with van der Waals surface area (Å²) >= 11 is 0. The van der Waals surface area contributed by atoms with Crippen LogP contribution in [0.5, 0.6) is 11.5 Å². The molecule has 2 aromatic rings. The molecule has 1 saturated carbocycles. The van der Waals surface area contributed by atoms with Crippen molar-refractivity contribution in [3.05, 3.63) is 65.2 Å². The lowest BCUT2D eigenvalue weighted by Crippen LogP contribution is -2.78. The minimum Gasteiger partial charge on any atom is -0.493 e. The van der Waals surface area contributed by atoms with Gasteiger partial charge in [0.05, 0.1) is 38.3 Å². The van der Waals surface area contributed by atoms with E-state index in [1.54, 1.807) is 18.2 Å². The molecule has 0 aromatic heterocycles. The van der Waals surface area contributed by atoms with Gasteiger partial charge in [-0.25, -0.2) is 4.79 Å². The van der Waals surface area contributed by atoms with E-state index in [0.29, 0.717) is 36.4 Å². The van der Waals surface area contributed by atoms with Gasteiger partial charge in [-0.05, 0) is 43.2 Å². The smallest absolute Gasteiger partial charge is 0.338 e. The van der Waals surface area contributed by atoms with Crippen molar-refractivity contribution in [1.29, 1.82) is 0 Å². The van der Waals surface area contributed by atoms with E-state index in [1.165, 1.54) is 21.3 Å². The standard InChI is InChI=1S/C30H32N2O7/c1-5-17-15-32-24-13-20(17)28(27(34)37-4,16-38-26(33)18-10-11-22(35-2)23(12-18)36-3)29-14-25(32)39-30(24,29)31-21-9-7-6-8-19(21)29/h5-12,20,24-25,31H,13-16H2,1-4H3/b17-5-/t20-,24?,25+,28-,29-,30?/m0/s1. The molecule has 5 aliphatic rings. The topological polar surface area (TPSA) is 95.6 Å². The maximum absolute atomic E-state index is 14.3. The van der Waals surface area contributed by atoms with Crippen LogP contribution in [0.3, 0.4) is 0 Å². The molecule has 39 heavy (non-hydrogen) atoms. The molecule has 7 rings (SSSR count). The van der Waals surface area contributed by atoms with E-state index in [0.717, 1.165) is 16.8 Å². The van der Waals surface area contributed by atoms with Gasteiger partial charge in [-0.2, -0.15) is 0 Å². The van der Waals surface area contributed by atoms with Crippen LogP contribution in [0.1, 0.15) is 35.7 Å². The molecule has 4 heterocycles. The molecule has 9 heteroatoms. The molecular formula is C30H32N2O7. The fraction of sp³-hybridized carbons (Fsp3) is 0.467. The van der Waals surface area contributed by atoms with Crippen LogP contribution in [0.25, 0.3) is 0 Å². The third-order valence-corrected chi connectivity index (χ3v) is 9.98. The lowest BCUT2D eigenvalue weighted by atomic mass is 9.42. The molecule has 1 spiro atoms. The molecule has 1 N–H and O–H groups in total. The van der Waals surface area contributed by atoms with Crippen LogP contribution >= 0.6 is 0 Å². The summed E-state index contributed by atoms with van der Waals surface area (Å²) in [4.78, 5) is 30.3. The zero-order valence-electron chi connectivity index (χ0n) is 22.5. The van der Waals surface area contributed by atoms with E-state index in [9.17, 15) is 9.59 Å². The van der Waals surface area contributed by atoms with Gasteiger partial charge in [-0.3, -0.25) is 9.69 Å². The molecule has 2 unspecified atom stereocenters. The van der Waals surface area contributed by atoms with Crippen LogP contribution in [0.4, 0.5) is 5.69 Å². The number of methoxy groups -OCH3 is 3. The molecule has 4 aliphatic heterocycles. The summed E-state index contributed by atoms with van der Waals surface area (Å²) in [5, 5.41) is 3.73. The normalized spacial score (nSPS) is 35.8. The number of piperidine rings is 2. The summed E-state index contributed by atoms with van der Waals surface area (Å²) in [6.45, 7) is 2.57. The molecule has 204 valence electrons. The largest absolute Gasteiger partial charge is 0.493 e. The van der Waals surface area contributed by atoms with Gasteiger partial charge in [0, 0.05) is 24.6 Å².